The molecule has 1 heterocycles. The number of para-hydroxylation sites is 1. The fourth-order valence-electron chi connectivity index (χ4n) is 3.57. The second kappa shape index (κ2) is 5.66. The largest absolute Gasteiger partial charge is 0.489 e. The van der Waals surface area contributed by atoms with Crippen molar-refractivity contribution in [2.45, 2.75) is 49.7 Å². The molecule has 0 spiro atoms. The number of ether oxygens (including phenoxy) is 1. The molecule has 21 heavy (non-hydrogen) atoms. The van der Waals surface area contributed by atoms with Gasteiger partial charge in [-0.1, -0.05) is 18.2 Å². The molecule has 0 bridgehead atoms. The molecule has 3 rings (SSSR count). The Bertz CT molecular complexity index is 541. The Morgan fingerprint density at radius 2 is 2.19 bits per heavy atom. The number of fused-ring (bicyclic) bond motifs is 3. The second-order valence-corrected chi connectivity index (χ2v) is 5.93. The average molecular weight is 292 g/mol. The number of hydrogen-bond acceptors (Lipinski definition) is 4. The molecule has 4 atom stereocenters. The maximum absolute atomic E-state index is 10.8. The van der Waals surface area contributed by atoms with E-state index in [1.807, 2.05) is 12.1 Å². The molecule has 0 saturated heterocycles. The molecule has 114 valence electrons. The number of carboxylic acids is 1. The van der Waals surface area contributed by atoms with Crippen LogP contribution in [0.1, 0.15) is 48.6 Å². The van der Waals surface area contributed by atoms with Gasteiger partial charge in [-0.05, 0) is 31.2 Å². The smallest absolute Gasteiger partial charge is 0.332 e. The summed E-state index contributed by atoms with van der Waals surface area (Å²) in [5.74, 6) is -0.476. The summed E-state index contributed by atoms with van der Waals surface area (Å²) in [7, 11) is 0. The number of carbonyl (C=O) groups is 1. The van der Waals surface area contributed by atoms with Gasteiger partial charge in [0, 0.05) is 17.4 Å². The van der Waals surface area contributed by atoms with Crippen LogP contribution >= 0.6 is 0 Å². The molecule has 1 aromatic rings. The zero-order valence-corrected chi connectivity index (χ0v) is 11.7. The molecule has 1 fully saturated rings. The van der Waals surface area contributed by atoms with Gasteiger partial charge in [0.1, 0.15) is 11.9 Å². The highest BCUT2D eigenvalue weighted by molar-refractivity contribution is 5.72. The van der Waals surface area contributed by atoms with Crippen LogP contribution in [0, 0.1) is 0 Å². The second-order valence-electron chi connectivity index (χ2n) is 5.93. The van der Waals surface area contributed by atoms with Crippen molar-refractivity contribution in [2.24, 2.45) is 0 Å². The molecule has 2 unspecified atom stereocenters. The average Bonchev–Trinajstić information content (AvgIpc) is 3.04. The third-order valence-corrected chi connectivity index (χ3v) is 4.65. The highest BCUT2D eigenvalue weighted by Gasteiger charge is 2.40. The van der Waals surface area contributed by atoms with Gasteiger partial charge in [-0.2, -0.15) is 0 Å². The maximum atomic E-state index is 10.8. The van der Waals surface area contributed by atoms with Crippen LogP contribution in [0.15, 0.2) is 18.2 Å². The van der Waals surface area contributed by atoms with Gasteiger partial charge in [-0.25, -0.2) is 4.79 Å². The summed E-state index contributed by atoms with van der Waals surface area (Å²) in [6.07, 6.45) is 2.05. The minimum Gasteiger partial charge on any atom is -0.489 e. The Labute approximate surface area is 123 Å². The number of aliphatic carboxylic acids is 1. The lowest BCUT2D eigenvalue weighted by Gasteiger charge is -2.19. The molecule has 3 N–H and O–H groups in total. The van der Waals surface area contributed by atoms with Crippen LogP contribution in [0.25, 0.3) is 0 Å². The van der Waals surface area contributed by atoms with Crippen molar-refractivity contribution in [3.63, 3.8) is 0 Å². The first-order chi connectivity index (χ1) is 10.1. The Balaban J connectivity index is 1.89. The van der Waals surface area contributed by atoms with Crippen molar-refractivity contribution in [3.8, 4) is 5.75 Å². The molecule has 0 aromatic heterocycles. The van der Waals surface area contributed by atoms with Crippen LogP contribution in [-0.2, 0) is 4.79 Å². The van der Waals surface area contributed by atoms with E-state index in [2.05, 4.69) is 6.07 Å². The Hall–Kier alpha value is -1.59. The zero-order valence-electron chi connectivity index (χ0n) is 11.7. The first kappa shape index (κ1) is 14.4. The predicted molar refractivity (Wildman–Crippen MR) is 75.5 cm³/mol. The number of aliphatic hydroxyl groups is 2. The molecule has 2 aliphatic rings. The lowest BCUT2D eigenvalue weighted by molar-refractivity contribution is -0.147. The molecule has 1 aliphatic carbocycles. The third kappa shape index (κ3) is 2.51. The van der Waals surface area contributed by atoms with Crippen molar-refractivity contribution < 1.29 is 24.9 Å². The maximum Gasteiger partial charge on any atom is 0.332 e. The van der Waals surface area contributed by atoms with Crippen molar-refractivity contribution in [3.05, 3.63) is 29.3 Å². The zero-order chi connectivity index (χ0) is 15.0. The minimum absolute atomic E-state index is 0.0129. The predicted octanol–water partition coefficient (Wildman–Crippen LogP) is 1.63. The number of hydrogen-bond donors (Lipinski definition) is 3. The van der Waals surface area contributed by atoms with Gasteiger partial charge in [-0.3, -0.25) is 0 Å². The van der Waals surface area contributed by atoms with E-state index in [1.165, 1.54) is 12.0 Å². The van der Waals surface area contributed by atoms with Crippen molar-refractivity contribution in [1.82, 2.24) is 0 Å². The monoisotopic (exact) mass is 292 g/mol. The first-order valence-electron chi connectivity index (χ1n) is 7.43. The van der Waals surface area contributed by atoms with Gasteiger partial charge in [0.05, 0.1) is 6.61 Å². The summed E-state index contributed by atoms with van der Waals surface area (Å²) in [6.45, 7) is -0.209. The lowest BCUT2D eigenvalue weighted by Crippen LogP contribution is -2.24. The van der Waals surface area contributed by atoms with Gasteiger partial charge in [0.25, 0.3) is 0 Å². The Kier molecular flexibility index (Phi) is 3.87. The van der Waals surface area contributed by atoms with Gasteiger partial charge in [-0.15, -0.1) is 0 Å². The highest BCUT2D eigenvalue weighted by Crippen LogP contribution is 2.49. The summed E-state index contributed by atoms with van der Waals surface area (Å²) < 4.78 is 6.05. The van der Waals surface area contributed by atoms with Gasteiger partial charge >= 0.3 is 5.97 Å². The van der Waals surface area contributed by atoms with E-state index in [1.54, 1.807) is 0 Å². The normalized spacial score (nSPS) is 25.8. The molecule has 1 aliphatic heterocycles. The lowest BCUT2D eigenvalue weighted by atomic mass is 9.89. The van der Waals surface area contributed by atoms with Crippen molar-refractivity contribution in [1.29, 1.82) is 0 Å². The van der Waals surface area contributed by atoms with E-state index < -0.39 is 18.0 Å². The van der Waals surface area contributed by atoms with Crippen molar-refractivity contribution >= 4 is 5.97 Å². The number of benzene rings is 1. The van der Waals surface area contributed by atoms with Gasteiger partial charge in [0.2, 0.25) is 0 Å². The quantitative estimate of drug-likeness (QED) is 0.768. The van der Waals surface area contributed by atoms with E-state index in [9.17, 15) is 15.0 Å². The fourth-order valence-corrected chi connectivity index (χ4v) is 3.57. The van der Waals surface area contributed by atoms with Crippen LogP contribution < -0.4 is 4.74 Å². The van der Waals surface area contributed by atoms with Crippen LogP contribution in [-0.4, -0.2) is 40.1 Å². The minimum atomic E-state index is -1.47. The van der Waals surface area contributed by atoms with E-state index in [4.69, 9.17) is 9.84 Å². The van der Waals surface area contributed by atoms with E-state index in [0.717, 1.165) is 24.2 Å². The molecular formula is C16H20O5. The van der Waals surface area contributed by atoms with Crippen molar-refractivity contribution in [2.75, 3.05) is 6.61 Å². The molecule has 1 saturated carbocycles. The van der Waals surface area contributed by atoms with Gasteiger partial charge in [0.15, 0.2) is 6.10 Å². The summed E-state index contributed by atoms with van der Waals surface area (Å²) in [5, 5.41) is 28.0. The summed E-state index contributed by atoms with van der Waals surface area (Å²) in [6, 6.07) is 5.83. The molecular weight excluding hydrogens is 272 g/mol. The van der Waals surface area contributed by atoms with E-state index in [0.29, 0.717) is 5.92 Å². The van der Waals surface area contributed by atoms with Crippen LogP contribution in [0.5, 0.6) is 5.75 Å². The van der Waals surface area contributed by atoms with Crippen LogP contribution in [0.4, 0.5) is 0 Å². The summed E-state index contributed by atoms with van der Waals surface area (Å²) in [4.78, 5) is 10.8. The number of rotatable bonds is 5. The number of aliphatic hydroxyl groups excluding tert-OH is 2. The van der Waals surface area contributed by atoms with E-state index >= 15 is 0 Å². The topological polar surface area (TPSA) is 87.0 Å². The first-order valence-corrected chi connectivity index (χ1v) is 7.43. The van der Waals surface area contributed by atoms with E-state index in [-0.39, 0.29) is 19.1 Å². The number of carboxylic acid groups (broad SMARTS) is 1. The fraction of sp³-hybridized carbons (Fsp3) is 0.562. The Morgan fingerprint density at radius 3 is 2.90 bits per heavy atom. The highest BCUT2D eigenvalue weighted by atomic mass is 16.5. The Morgan fingerprint density at radius 1 is 1.38 bits per heavy atom. The molecule has 0 amide bonds. The molecule has 5 nitrogen and oxygen atoms in total. The summed E-state index contributed by atoms with van der Waals surface area (Å²) in [5.41, 5.74) is 1.97. The standard InChI is InChI=1S/C16H20O5/c17-8-9(7-13(18)16(19)20)10-3-1-5-12-11-4-2-6-14(11)21-15(10)12/h1,3,5,9,11,13-14,17-18H,2,4,6-8H2,(H,19,20)/t9?,11-,13?,14-/m1/s1. The molecule has 1 aromatic carbocycles. The molecule has 5 heteroatoms. The summed E-state index contributed by atoms with van der Waals surface area (Å²) >= 11 is 0. The third-order valence-electron chi connectivity index (χ3n) is 4.65. The molecule has 0 radical (unpaired) electrons. The van der Waals surface area contributed by atoms with Crippen LogP contribution in [0.2, 0.25) is 0 Å². The van der Waals surface area contributed by atoms with Crippen LogP contribution in [0.3, 0.4) is 0 Å². The SMILES string of the molecule is O=C(O)C(O)CC(CO)c1cccc2c1O[C@@H]1CCC[C@H]21. The van der Waals surface area contributed by atoms with Gasteiger partial charge < -0.3 is 20.1 Å².